The van der Waals surface area contributed by atoms with E-state index < -0.39 is 5.54 Å². The fourth-order valence-corrected chi connectivity index (χ4v) is 3.33. The molecule has 0 amide bonds. The van der Waals surface area contributed by atoms with Gasteiger partial charge in [0.2, 0.25) is 0 Å². The SMILES string of the molecule is CCOC(=O)C(N)(CSc1nc2ccccc2o1)C1CC1. The first-order valence-electron chi connectivity index (χ1n) is 7.08. The zero-order valence-electron chi connectivity index (χ0n) is 11.9. The number of rotatable bonds is 6. The molecule has 5 nitrogen and oxygen atoms in total. The average molecular weight is 306 g/mol. The second-order valence-corrected chi connectivity index (χ2v) is 6.20. The van der Waals surface area contributed by atoms with Gasteiger partial charge in [-0.25, -0.2) is 4.98 Å². The largest absolute Gasteiger partial charge is 0.465 e. The summed E-state index contributed by atoms with van der Waals surface area (Å²) in [5.41, 5.74) is 6.92. The fraction of sp³-hybridized carbons (Fsp3) is 0.467. The Morgan fingerprint density at radius 3 is 2.95 bits per heavy atom. The first-order chi connectivity index (χ1) is 10.1. The van der Waals surface area contributed by atoms with Gasteiger partial charge in [0.15, 0.2) is 5.58 Å². The van der Waals surface area contributed by atoms with Gasteiger partial charge in [-0.05, 0) is 37.8 Å². The highest BCUT2D eigenvalue weighted by atomic mass is 32.2. The van der Waals surface area contributed by atoms with E-state index >= 15 is 0 Å². The minimum absolute atomic E-state index is 0.202. The Morgan fingerprint density at radius 1 is 1.52 bits per heavy atom. The molecule has 0 radical (unpaired) electrons. The van der Waals surface area contributed by atoms with Crippen LogP contribution in [0.15, 0.2) is 33.9 Å². The minimum Gasteiger partial charge on any atom is -0.465 e. The van der Waals surface area contributed by atoms with Crippen molar-refractivity contribution in [2.45, 2.75) is 30.5 Å². The third-order valence-electron chi connectivity index (χ3n) is 3.67. The Labute approximate surface area is 127 Å². The Bertz CT molecular complexity index is 620. The fourth-order valence-electron chi connectivity index (χ4n) is 2.30. The number of para-hydroxylation sites is 2. The molecule has 112 valence electrons. The number of aromatic nitrogens is 1. The Balaban J connectivity index is 1.73. The van der Waals surface area contributed by atoms with Crippen LogP contribution in [0.3, 0.4) is 0 Å². The van der Waals surface area contributed by atoms with Crippen LogP contribution in [0.1, 0.15) is 19.8 Å². The van der Waals surface area contributed by atoms with E-state index in [1.807, 2.05) is 24.3 Å². The average Bonchev–Trinajstić information content (AvgIpc) is 3.25. The maximum absolute atomic E-state index is 12.1. The van der Waals surface area contributed by atoms with Crippen LogP contribution in [-0.2, 0) is 9.53 Å². The summed E-state index contributed by atoms with van der Waals surface area (Å²) in [7, 11) is 0. The Hall–Kier alpha value is -1.53. The van der Waals surface area contributed by atoms with E-state index in [-0.39, 0.29) is 11.9 Å². The molecule has 21 heavy (non-hydrogen) atoms. The molecule has 1 aromatic heterocycles. The minimum atomic E-state index is -0.943. The quantitative estimate of drug-likeness (QED) is 0.653. The first kappa shape index (κ1) is 14.4. The highest BCUT2D eigenvalue weighted by molar-refractivity contribution is 7.99. The summed E-state index contributed by atoms with van der Waals surface area (Å²) in [5.74, 6) is 0.299. The molecule has 0 spiro atoms. The summed E-state index contributed by atoms with van der Waals surface area (Å²) in [6.45, 7) is 2.14. The summed E-state index contributed by atoms with van der Waals surface area (Å²) in [6, 6.07) is 7.58. The molecule has 1 unspecified atom stereocenters. The number of oxazole rings is 1. The number of hydrogen-bond acceptors (Lipinski definition) is 6. The van der Waals surface area contributed by atoms with E-state index in [0.29, 0.717) is 17.6 Å². The van der Waals surface area contributed by atoms with Crippen LogP contribution < -0.4 is 5.73 Å². The molecular weight excluding hydrogens is 288 g/mol. The summed E-state index contributed by atoms with van der Waals surface area (Å²) < 4.78 is 10.8. The van der Waals surface area contributed by atoms with Crippen LogP contribution >= 0.6 is 11.8 Å². The van der Waals surface area contributed by atoms with Crippen LogP contribution in [0.5, 0.6) is 0 Å². The van der Waals surface area contributed by atoms with Gasteiger partial charge in [-0.1, -0.05) is 23.9 Å². The molecule has 1 aliphatic rings. The zero-order valence-corrected chi connectivity index (χ0v) is 12.7. The van der Waals surface area contributed by atoms with Crippen LogP contribution in [0.25, 0.3) is 11.1 Å². The molecule has 1 fully saturated rings. The van der Waals surface area contributed by atoms with Crippen molar-refractivity contribution < 1.29 is 13.9 Å². The molecule has 1 atom stereocenters. The van der Waals surface area contributed by atoms with Crippen molar-refractivity contribution in [1.29, 1.82) is 0 Å². The third kappa shape index (κ3) is 2.91. The van der Waals surface area contributed by atoms with Gasteiger partial charge in [0.05, 0.1) is 6.61 Å². The maximum atomic E-state index is 12.1. The van der Waals surface area contributed by atoms with E-state index in [4.69, 9.17) is 14.9 Å². The number of nitrogens with two attached hydrogens (primary N) is 1. The van der Waals surface area contributed by atoms with E-state index in [1.165, 1.54) is 11.8 Å². The van der Waals surface area contributed by atoms with Crippen molar-refractivity contribution in [3.05, 3.63) is 24.3 Å². The van der Waals surface area contributed by atoms with Crippen molar-refractivity contribution in [3.8, 4) is 0 Å². The van der Waals surface area contributed by atoms with Crippen LogP contribution in [0, 0.1) is 5.92 Å². The molecule has 0 saturated heterocycles. The maximum Gasteiger partial charge on any atom is 0.327 e. The van der Waals surface area contributed by atoms with Crippen molar-refractivity contribution in [2.75, 3.05) is 12.4 Å². The Kier molecular flexibility index (Phi) is 3.91. The van der Waals surface area contributed by atoms with Crippen molar-refractivity contribution in [2.24, 2.45) is 11.7 Å². The van der Waals surface area contributed by atoms with Crippen molar-refractivity contribution in [3.63, 3.8) is 0 Å². The highest BCUT2D eigenvalue weighted by Gasteiger charge is 2.49. The molecule has 2 aromatic rings. The summed E-state index contributed by atoms with van der Waals surface area (Å²) >= 11 is 1.37. The van der Waals surface area contributed by atoms with Crippen molar-refractivity contribution >= 4 is 28.8 Å². The smallest absolute Gasteiger partial charge is 0.327 e. The van der Waals surface area contributed by atoms with Gasteiger partial charge in [0.25, 0.3) is 5.22 Å². The van der Waals surface area contributed by atoms with Crippen molar-refractivity contribution in [1.82, 2.24) is 4.98 Å². The first-order valence-corrected chi connectivity index (χ1v) is 8.06. The lowest BCUT2D eigenvalue weighted by molar-refractivity contribution is -0.149. The number of carbonyl (C=O) groups excluding carboxylic acids is 1. The molecule has 0 bridgehead atoms. The van der Waals surface area contributed by atoms with Gasteiger partial charge in [-0.3, -0.25) is 4.79 Å². The van der Waals surface area contributed by atoms with Gasteiger partial charge in [0, 0.05) is 5.75 Å². The predicted octanol–water partition coefficient (Wildman–Crippen LogP) is 2.59. The molecule has 1 heterocycles. The van der Waals surface area contributed by atoms with Gasteiger partial charge in [-0.15, -0.1) is 0 Å². The van der Waals surface area contributed by atoms with Gasteiger partial charge >= 0.3 is 5.97 Å². The third-order valence-corrected chi connectivity index (χ3v) is 4.71. The van der Waals surface area contributed by atoms with Gasteiger partial charge < -0.3 is 14.9 Å². The van der Waals surface area contributed by atoms with Crippen LogP contribution in [0.2, 0.25) is 0 Å². The predicted molar refractivity (Wildman–Crippen MR) is 81.0 cm³/mol. The summed E-state index contributed by atoms with van der Waals surface area (Å²) in [4.78, 5) is 16.5. The Morgan fingerprint density at radius 2 is 2.29 bits per heavy atom. The molecule has 2 N–H and O–H groups in total. The van der Waals surface area contributed by atoms with Crippen LogP contribution in [0.4, 0.5) is 0 Å². The van der Waals surface area contributed by atoms with E-state index in [9.17, 15) is 4.79 Å². The number of carbonyl (C=O) groups is 1. The lowest BCUT2D eigenvalue weighted by Gasteiger charge is -2.25. The topological polar surface area (TPSA) is 78.4 Å². The second kappa shape index (κ2) is 5.69. The molecule has 3 rings (SSSR count). The number of esters is 1. The number of thioether (sulfide) groups is 1. The van der Waals surface area contributed by atoms with E-state index in [2.05, 4.69) is 4.98 Å². The normalized spacial score (nSPS) is 17.6. The number of fused-ring (bicyclic) bond motifs is 1. The van der Waals surface area contributed by atoms with Gasteiger partial charge in [-0.2, -0.15) is 0 Å². The second-order valence-electron chi connectivity index (χ2n) is 5.27. The van der Waals surface area contributed by atoms with E-state index in [1.54, 1.807) is 6.92 Å². The molecule has 1 saturated carbocycles. The number of ether oxygens (including phenoxy) is 1. The highest BCUT2D eigenvalue weighted by Crippen LogP contribution is 2.41. The monoisotopic (exact) mass is 306 g/mol. The summed E-state index contributed by atoms with van der Waals surface area (Å²) in [6.07, 6.45) is 1.95. The number of hydrogen-bond donors (Lipinski definition) is 1. The zero-order chi connectivity index (χ0) is 14.9. The number of benzene rings is 1. The van der Waals surface area contributed by atoms with E-state index in [0.717, 1.165) is 23.9 Å². The molecular formula is C15H18N2O3S. The molecule has 0 aliphatic heterocycles. The molecule has 1 aromatic carbocycles. The van der Waals surface area contributed by atoms with Crippen LogP contribution in [-0.4, -0.2) is 28.9 Å². The molecule has 6 heteroatoms. The molecule has 1 aliphatic carbocycles. The number of nitrogens with zero attached hydrogens (tertiary/aromatic N) is 1. The summed E-state index contributed by atoms with van der Waals surface area (Å²) in [5, 5.41) is 0.538. The lowest BCUT2D eigenvalue weighted by atomic mass is 9.97. The van der Waals surface area contributed by atoms with Gasteiger partial charge in [0.1, 0.15) is 11.1 Å². The standard InChI is InChI=1S/C15H18N2O3S/c1-2-19-13(18)15(16,10-7-8-10)9-21-14-17-11-5-3-4-6-12(11)20-14/h3-6,10H,2,7-9,16H2,1H3. The lowest BCUT2D eigenvalue weighted by Crippen LogP contribution is -2.53.